The standard InChI is InChI=1S/C21H25NO3.C20H23NO3/c1-4-19(18-10-11-20(24)15(3)21(18)25)22-13-17(23)9-8-16-7-5-6-14(2)12-16;1-3-18(17-11-12-19(23)14(2)20(17)24)21-13-16(22)10-9-15-7-5-4-6-8-15/h5-7,10-12,24-25H,4,8-9,13H2,1-3H3;4-8,11-12,23-24H,3,9-10,13H2,1-2H3. The van der Waals surface area contributed by atoms with Gasteiger partial charge in [0.05, 0.1) is 13.1 Å². The van der Waals surface area contributed by atoms with Crippen molar-refractivity contribution in [2.75, 3.05) is 13.1 Å². The van der Waals surface area contributed by atoms with E-state index >= 15 is 0 Å². The van der Waals surface area contributed by atoms with Gasteiger partial charge in [-0.1, -0.05) is 74.0 Å². The Bertz CT molecular complexity index is 1790. The van der Waals surface area contributed by atoms with Crippen molar-refractivity contribution in [2.24, 2.45) is 9.98 Å². The number of benzene rings is 4. The molecule has 258 valence electrons. The molecule has 8 heteroatoms. The molecule has 49 heavy (non-hydrogen) atoms. The summed E-state index contributed by atoms with van der Waals surface area (Å²) in [6, 6.07) is 24.4. The van der Waals surface area contributed by atoms with Crippen molar-refractivity contribution in [3.63, 3.8) is 0 Å². The minimum atomic E-state index is 0.0207. The molecule has 0 aliphatic rings. The fourth-order valence-electron chi connectivity index (χ4n) is 5.22. The van der Waals surface area contributed by atoms with E-state index in [-0.39, 0.29) is 47.7 Å². The molecule has 0 atom stereocenters. The Morgan fingerprint density at radius 3 is 1.47 bits per heavy atom. The van der Waals surface area contributed by atoms with Crippen LogP contribution in [0.3, 0.4) is 0 Å². The number of Topliss-reactive ketones (excluding diaryl/α,β-unsaturated/α-hetero) is 2. The molecule has 0 aromatic heterocycles. The average Bonchev–Trinajstić information content (AvgIpc) is 3.10. The van der Waals surface area contributed by atoms with E-state index in [4.69, 9.17) is 0 Å². The van der Waals surface area contributed by atoms with Crippen molar-refractivity contribution in [1.82, 2.24) is 0 Å². The van der Waals surface area contributed by atoms with Crippen LogP contribution < -0.4 is 0 Å². The largest absolute Gasteiger partial charge is 0.508 e. The Kier molecular flexibility index (Phi) is 14.8. The first-order valence-corrected chi connectivity index (χ1v) is 16.7. The van der Waals surface area contributed by atoms with Crippen molar-refractivity contribution in [1.29, 1.82) is 0 Å². The van der Waals surface area contributed by atoms with Crippen LogP contribution in [0.15, 0.2) is 88.8 Å². The highest BCUT2D eigenvalue weighted by Gasteiger charge is 2.14. The maximum absolute atomic E-state index is 12.1. The zero-order valence-corrected chi connectivity index (χ0v) is 29.2. The third-order valence-electron chi connectivity index (χ3n) is 8.30. The van der Waals surface area contributed by atoms with E-state index in [0.717, 1.165) is 11.1 Å². The minimum absolute atomic E-state index is 0.0207. The second-order valence-corrected chi connectivity index (χ2v) is 12.0. The maximum atomic E-state index is 12.1. The predicted molar refractivity (Wildman–Crippen MR) is 197 cm³/mol. The topological polar surface area (TPSA) is 140 Å². The Balaban J connectivity index is 0.000000266. The molecule has 0 saturated carbocycles. The van der Waals surface area contributed by atoms with Crippen molar-refractivity contribution >= 4 is 23.0 Å². The molecule has 8 nitrogen and oxygen atoms in total. The summed E-state index contributed by atoms with van der Waals surface area (Å²) in [5, 5.41) is 39.6. The van der Waals surface area contributed by atoms with E-state index in [1.54, 1.807) is 26.0 Å². The lowest BCUT2D eigenvalue weighted by Crippen LogP contribution is -2.09. The minimum Gasteiger partial charge on any atom is -0.508 e. The summed E-state index contributed by atoms with van der Waals surface area (Å²) in [6.07, 6.45) is 3.52. The van der Waals surface area contributed by atoms with Crippen LogP contribution in [-0.4, -0.2) is 56.5 Å². The lowest BCUT2D eigenvalue weighted by molar-refractivity contribution is -0.118. The molecule has 4 N–H and O–H groups in total. The Labute approximate surface area is 289 Å². The van der Waals surface area contributed by atoms with E-state index in [9.17, 15) is 30.0 Å². The van der Waals surface area contributed by atoms with Crippen molar-refractivity contribution < 1.29 is 30.0 Å². The average molecular weight is 665 g/mol. The molecule has 4 aromatic carbocycles. The van der Waals surface area contributed by atoms with Crippen molar-refractivity contribution in [2.45, 2.75) is 73.1 Å². The summed E-state index contributed by atoms with van der Waals surface area (Å²) in [6.45, 7) is 9.40. The Hall–Kier alpha value is -5.24. The Morgan fingerprint density at radius 2 is 1.02 bits per heavy atom. The fraction of sp³-hybridized carbons (Fsp3) is 0.317. The summed E-state index contributed by atoms with van der Waals surface area (Å²) in [4.78, 5) is 33.0. The molecule has 0 spiro atoms. The number of hydrogen-bond donors (Lipinski definition) is 4. The molecule has 0 aliphatic carbocycles. The summed E-state index contributed by atoms with van der Waals surface area (Å²) in [7, 11) is 0. The number of aromatic hydroxyl groups is 4. The smallest absolute Gasteiger partial charge is 0.154 e. The van der Waals surface area contributed by atoms with Crippen LogP contribution in [0.1, 0.15) is 78.5 Å². The van der Waals surface area contributed by atoms with Gasteiger partial charge in [0.25, 0.3) is 0 Å². The summed E-state index contributed by atoms with van der Waals surface area (Å²) in [5.74, 6) is 0.277. The molecule has 0 aliphatic heterocycles. The molecule has 0 heterocycles. The van der Waals surface area contributed by atoms with E-state index in [2.05, 4.69) is 16.1 Å². The molecular formula is C41H48N2O6. The first-order valence-electron chi connectivity index (χ1n) is 16.7. The van der Waals surface area contributed by atoms with Crippen LogP contribution in [0.25, 0.3) is 0 Å². The number of aryl methyl sites for hydroxylation is 3. The molecule has 0 saturated heterocycles. The van der Waals surface area contributed by atoms with Gasteiger partial charge in [-0.25, -0.2) is 0 Å². The molecular weight excluding hydrogens is 616 g/mol. The van der Waals surface area contributed by atoms with Crippen LogP contribution in [0.2, 0.25) is 0 Å². The predicted octanol–water partition coefficient (Wildman–Crippen LogP) is 7.92. The quantitative estimate of drug-likeness (QED) is 0.101. The lowest BCUT2D eigenvalue weighted by atomic mass is 10.0. The SMILES string of the molecule is CCC(=NCC(=O)CCc1cccc(C)c1)c1ccc(O)c(C)c1O.CCC(=NCC(=O)CCc1ccccc1)c1ccc(O)c(C)c1O. The molecule has 4 aromatic rings. The first kappa shape index (κ1) is 38.2. The third-order valence-corrected chi connectivity index (χ3v) is 8.30. The van der Waals surface area contributed by atoms with Gasteiger partial charge >= 0.3 is 0 Å². The van der Waals surface area contributed by atoms with Gasteiger partial charge in [0.2, 0.25) is 0 Å². The number of phenolic OH excluding ortho intramolecular Hbond substituents is 4. The third kappa shape index (κ3) is 11.5. The number of ketones is 2. The maximum Gasteiger partial charge on any atom is 0.154 e. The molecule has 0 fully saturated rings. The van der Waals surface area contributed by atoms with Gasteiger partial charge < -0.3 is 20.4 Å². The second kappa shape index (κ2) is 18.9. The summed E-state index contributed by atoms with van der Waals surface area (Å²) >= 11 is 0. The fourth-order valence-corrected chi connectivity index (χ4v) is 5.22. The molecule has 4 rings (SSSR count). The zero-order valence-electron chi connectivity index (χ0n) is 29.2. The highest BCUT2D eigenvalue weighted by atomic mass is 16.3. The number of nitrogens with zero attached hydrogens (tertiary/aromatic N) is 2. The van der Waals surface area contributed by atoms with Crippen LogP contribution in [0, 0.1) is 20.8 Å². The number of aliphatic imine (C=N–C) groups is 2. The highest BCUT2D eigenvalue weighted by Crippen LogP contribution is 2.31. The number of carbonyl (C=O) groups is 2. The second-order valence-electron chi connectivity index (χ2n) is 12.0. The summed E-state index contributed by atoms with van der Waals surface area (Å²) < 4.78 is 0. The molecule has 0 bridgehead atoms. The van der Waals surface area contributed by atoms with Gasteiger partial charge in [0.15, 0.2) is 11.6 Å². The van der Waals surface area contributed by atoms with Gasteiger partial charge in [-0.3, -0.25) is 19.6 Å². The van der Waals surface area contributed by atoms with E-state index in [1.807, 2.05) is 69.3 Å². The van der Waals surface area contributed by atoms with Gasteiger partial charge in [0.1, 0.15) is 23.0 Å². The number of carbonyl (C=O) groups excluding carboxylic acids is 2. The van der Waals surface area contributed by atoms with Gasteiger partial charge in [0, 0.05) is 46.5 Å². The number of rotatable bonds is 14. The first-order chi connectivity index (χ1) is 23.4. The molecule has 0 radical (unpaired) electrons. The normalized spacial score (nSPS) is 11.5. The Morgan fingerprint density at radius 1 is 0.571 bits per heavy atom. The lowest BCUT2D eigenvalue weighted by Gasteiger charge is -2.10. The number of hydrogen-bond acceptors (Lipinski definition) is 8. The van der Waals surface area contributed by atoms with E-state index in [1.165, 1.54) is 17.7 Å². The van der Waals surface area contributed by atoms with Gasteiger partial charge in [-0.15, -0.1) is 0 Å². The number of phenols is 4. The van der Waals surface area contributed by atoms with Crippen LogP contribution in [0.5, 0.6) is 23.0 Å². The summed E-state index contributed by atoms with van der Waals surface area (Å²) in [5.41, 5.74) is 6.81. The van der Waals surface area contributed by atoms with Gasteiger partial charge in [-0.2, -0.15) is 0 Å². The zero-order chi connectivity index (χ0) is 35.9. The monoisotopic (exact) mass is 664 g/mol. The highest BCUT2D eigenvalue weighted by molar-refractivity contribution is 6.04. The molecule has 0 amide bonds. The van der Waals surface area contributed by atoms with E-state index < -0.39 is 0 Å². The van der Waals surface area contributed by atoms with Crippen LogP contribution >= 0.6 is 0 Å². The van der Waals surface area contributed by atoms with Crippen molar-refractivity contribution in [3.8, 4) is 23.0 Å². The van der Waals surface area contributed by atoms with Gasteiger partial charge in [-0.05, 0) is 81.8 Å². The molecule has 0 unspecified atom stereocenters. The van der Waals surface area contributed by atoms with E-state index in [0.29, 0.717) is 72.2 Å². The van der Waals surface area contributed by atoms with Crippen LogP contribution in [-0.2, 0) is 22.4 Å². The van der Waals surface area contributed by atoms with Crippen LogP contribution in [0.4, 0.5) is 0 Å². The van der Waals surface area contributed by atoms with Crippen molar-refractivity contribution in [3.05, 3.63) is 118 Å².